The summed E-state index contributed by atoms with van der Waals surface area (Å²) in [5.41, 5.74) is 7.18. The van der Waals surface area contributed by atoms with Gasteiger partial charge in [-0.3, -0.25) is 0 Å². The topological polar surface area (TPSA) is 35.2 Å². The van der Waals surface area contributed by atoms with E-state index in [2.05, 4.69) is 0 Å². The van der Waals surface area contributed by atoms with Gasteiger partial charge in [0.1, 0.15) is 0 Å². The molecule has 3 heteroatoms. The molecule has 0 aromatic heterocycles. The van der Waals surface area contributed by atoms with Crippen molar-refractivity contribution >= 4 is 17.3 Å². The smallest absolute Gasteiger partial charge is 0.0724 e. The highest BCUT2D eigenvalue weighted by molar-refractivity contribution is 6.33. The molecule has 0 spiro atoms. The van der Waals surface area contributed by atoms with Crippen LogP contribution in [0.25, 0.3) is 0 Å². The van der Waals surface area contributed by atoms with Crippen molar-refractivity contribution < 1.29 is 4.74 Å². The molecule has 0 amide bonds. The van der Waals surface area contributed by atoms with E-state index < -0.39 is 0 Å². The molecule has 1 aromatic rings. The van der Waals surface area contributed by atoms with E-state index >= 15 is 0 Å². The van der Waals surface area contributed by atoms with Gasteiger partial charge in [-0.25, -0.2) is 0 Å². The van der Waals surface area contributed by atoms with Crippen molar-refractivity contribution in [1.29, 1.82) is 0 Å². The number of halogens is 1. The molecule has 0 heterocycles. The molecule has 2 N–H and O–H groups in total. The molecule has 0 saturated heterocycles. The highest BCUT2D eigenvalue weighted by Gasteiger charge is 2.10. The summed E-state index contributed by atoms with van der Waals surface area (Å²) in [5, 5.41) is 0.588. The minimum absolute atomic E-state index is 0.131. The summed E-state index contributed by atoms with van der Waals surface area (Å²) in [7, 11) is 0. The molecule has 0 atom stereocenters. The SMILES string of the molecule is CC(C)(C)OCc1ccc(Cl)c(N)c1. The summed E-state index contributed by atoms with van der Waals surface area (Å²) >= 11 is 5.80. The van der Waals surface area contributed by atoms with E-state index in [9.17, 15) is 0 Å². The second kappa shape index (κ2) is 4.20. The molecule has 0 saturated carbocycles. The first-order chi connectivity index (χ1) is 6.38. The summed E-state index contributed by atoms with van der Waals surface area (Å²) in [6.07, 6.45) is 0. The molecule has 0 aliphatic heterocycles. The normalized spacial score (nSPS) is 11.7. The molecule has 14 heavy (non-hydrogen) atoms. The first-order valence-corrected chi connectivity index (χ1v) is 4.94. The van der Waals surface area contributed by atoms with Gasteiger partial charge in [-0.1, -0.05) is 17.7 Å². The van der Waals surface area contributed by atoms with Gasteiger partial charge in [0.2, 0.25) is 0 Å². The van der Waals surface area contributed by atoms with Crippen molar-refractivity contribution in [1.82, 2.24) is 0 Å². The van der Waals surface area contributed by atoms with Gasteiger partial charge in [0.25, 0.3) is 0 Å². The maximum atomic E-state index is 5.80. The van der Waals surface area contributed by atoms with Crippen LogP contribution in [0, 0.1) is 0 Å². The van der Waals surface area contributed by atoms with Crippen LogP contribution in [-0.2, 0) is 11.3 Å². The quantitative estimate of drug-likeness (QED) is 0.766. The zero-order valence-electron chi connectivity index (χ0n) is 8.80. The van der Waals surface area contributed by atoms with Crippen molar-refractivity contribution in [2.45, 2.75) is 33.0 Å². The molecule has 0 aliphatic carbocycles. The Hall–Kier alpha value is -0.730. The van der Waals surface area contributed by atoms with Crippen LogP contribution in [0.2, 0.25) is 5.02 Å². The average molecular weight is 214 g/mol. The standard InChI is InChI=1S/C11H16ClNO/c1-11(2,3)14-7-8-4-5-9(12)10(13)6-8/h4-6H,7,13H2,1-3H3. The Morgan fingerprint density at radius 3 is 2.50 bits per heavy atom. The highest BCUT2D eigenvalue weighted by Crippen LogP contribution is 2.21. The minimum atomic E-state index is -0.131. The molecule has 0 radical (unpaired) electrons. The van der Waals surface area contributed by atoms with E-state index in [0.29, 0.717) is 17.3 Å². The van der Waals surface area contributed by atoms with Crippen LogP contribution in [0.1, 0.15) is 26.3 Å². The maximum absolute atomic E-state index is 5.80. The third kappa shape index (κ3) is 3.56. The van der Waals surface area contributed by atoms with E-state index in [0.717, 1.165) is 5.56 Å². The summed E-state index contributed by atoms with van der Waals surface area (Å²) in [4.78, 5) is 0. The minimum Gasteiger partial charge on any atom is -0.398 e. The summed E-state index contributed by atoms with van der Waals surface area (Å²) in [6, 6.07) is 5.55. The Kier molecular flexibility index (Phi) is 3.40. The largest absolute Gasteiger partial charge is 0.398 e. The van der Waals surface area contributed by atoms with Crippen LogP contribution in [0.15, 0.2) is 18.2 Å². The average Bonchev–Trinajstić information content (AvgIpc) is 2.06. The Labute approximate surface area is 90.0 Å². The first kappa shape index (κ1) is 11.3. The molecule has 0 fully saturated rings. The van der Waals surface area contributed by atoms with Gasteiger partial charge in [0.15, 0.2) is 0 Å². The van der Waals surface area contributed by atoms with E-state index in [1.807, 2.05) is 32.9 Å². The predicted octanol–water partition coefficient (Wildman–Crippen LogP) is 3.24. The molecule has 0 unspecified atom stereocenters. The molecule has 1 aromatic carbocycles. The lowest BCUT2D eigenvalue weighted by Crippen LogP contribution is -2.18. The number of nitrogens with two attached hydrogens (primary N) is 1. The monoisotopic (exact) mass is 213 g/mol. The van der Waals surface area contributed by atoms with E-state index in [1.54, 1.807) is 6.07 Å². The lowest BCUT2D eigenvalue weighted by Gasteiger charge is -2.19. The van der Waals surface area contributed by atoms with Gasteiger partial charge >= 0.3 is 0 Å². The lowest BCUT2D eigenvalue weighted by molar-refractivity contribution is -0.0149. The van der Waals surface area contributed by atoms with Gasteiger partial charge in [0, 0.05) is 0 Å². The van der Waals surface area contributed by atoms with Crippen molar-refractivity contribution in [3.8, 4) is 0 Å². The van der Waals surface area contributed by atoms with Crippen molar-refractivity contribution in [3.05, 3.63) is 28.8 Å². The van der Waals surface area contributed by atoms with Crippen LogP contribution in [0.4, 0.5) is 5.69 Å². The number of ether oxygens (including phenoxy) is 1. The molecule has 0 aliphatic rings. The third-order valence-corrected chi connectivity index (χ3v) is 2.08. The van der Waals surface area contributed by atoms with Crippen LogP contribution >= 0.6 is 11.6 Å². The van der Waals surface area contributed by atoms with Gasteiger partial charge < -0.3 is 10.5 Å². The van der Waals surface area contributed by atoms with Gasteiger partial charge in [0.05, 0.1) is 22.9 Å². The van der Waals surface area contributed by atoms with E-state index in [-0.39, 0.29) is 5.60 Å². The lowest BCUT2D eigenvalue weighted by atomic mass is 10.1. The molecule has 0 bridgehead atoms. The number of nitrogen functional groups attached to an aromatic ring is 1. The maximum Gasteiger partial charge on any atom is 0.0724 e. The molecular weight excluding hydrogens is 198 g/mol. The fourth-order valence-corrected chi connectivity index (χ4v) is 1.10. The second-order valence-electron chi connectivity index (χ2n) is 4.26. The third-order valence-electron chi connectivity index (χ3n) is 1.73. The Morgan fingerprint density at radius 2 is 2.00 bits per heavy atom. The predicted molar refractivity (Wildman–Crippen MR) is 60.4 cm³/mol. The van der Waals surface area contributed by atoms with E-state index in [4.69, 9.17) is 22.1 Å². The van der Waals surface area contributed by atoms with Crippen LogP contribution in [-0.4, -0.2) is 5.60 Å². The van der Waals surface area contributed by atoms with Crippen molar-refractivity contribution in [2.24, 2.45) is 0 Å². The zero-order chi connectivity index (χ0) is 10.8. The van der Waals surface area contributed by atoms with Crippen molar-refractivity contribution in [3.63, 3.8) is 0 Å². The number of hydrogen-bond donors (Lipinski definition) is 1. The Balaban J connectivity index is 2.65. The van der Waals surface area contributed by atoms with E-state index in [1.165, 1.54) is 0 Å². The fourth-order valence-electron chi connectivity index (χ4n) is 0.983. The van der Waals surface area contributed by atoms with Gasteiger partial charge in [-0.05, 0) is 38.5 Å². The van der Waals surface area contributed by atoms with Crippen LogP contribution in [0.5, 0.6) is 0 Å². The molecule has 2 nitrogen and oxygen atoms in total. The Bertz CT molecular complexity index is 318. The van der Waals surface area contributed by atoms with Gasteiger partial charge in [-0.2, -0.15) is 0 Å². The number of hydrogen-bond acceptors (Lipinski definition) is 2. The summed E-state index contributed by atoms with van der Waals surface area (Å²) in [6.45, 7) is 6.62. The number of benzene rings is 1. The summed E-state index contributed by atoms with van der Waals surface area (Å²) < 4.78 is 5.61. The highest BCUT2D eigenvalue weighted by atomic mass is 35.5. The van der Waals surface area contributed by atoms with Crippen molar-refractivity contribution in [2.75, 3.05) is 5.73 Å². The second-order valence-corrected chi connectivity index (χ2v) is 4.66. The number of rotatable bonds is 2. The number of anilines is 1. The molecule has 1 rings (SSSR count). The van der Waals surface area contributed by atoms with Crippen LogP contribution in [0.3, 0.4) is 0 Å². The molecule has 78 valence electrons. The van der Waals surface area contributed by atoms with Crippen LogP contribution < -0.4 is 5.73 Å². The molecular formula is C11H16ClNO. The zero-order valence-corrected chi connectivity index (χ0v) is 9.56. The first-order valence-electron chi connectivity index (χ1n) is 4.56. The summed E-state index contributed by atoms with van der Waals surface area (Å²) in [5.74, 6) is 0. The Morgan fingerprint density at radius 1 is 1.36 bits per heavy atom. The van der Waals surface area contributed by atoms with Gasteiger partial charge in [-0.15, -0.1) is 0 Å². The fraction of sp³-hybridized carbons (Fsp3) is 0.455.